The van der Waals surface area contributed by atoms with Gasteiger partial charge in [-0.15, -0.1) is 0 Å². The van der Waals surface area contributed by atoms with Crippen LogP contribution in [0.5, 0.6) is 5.75 Å². The standard InChI is InChI=1S/C12H14O2/c1-14-12-4-2-3-10-7-9(8-13)5-6-11(10)12/h2-4,8-9H,5-7H2,1H3/t9-/m1/s1. The Morgan fingerprint density at radius 2 is 2.36 bits per heavy atom. The van der Waals surface area contributed by atoms with Crippen LogP contribution in [-0.2, 0) is 17.6 Å². The van der Waals surface area contributed by atoms with Gasteiger partial charge in [0, 0.05) is 5.92 Å². The van der Waals surface area contributed by atoms with Crippen LogP contribution in [-0.4, -0.2) is 13.4 Å². The molecule has 2 heteroatoms. The molecular formula is C12H14O2. The van der Waals surface area contributed by atoms with Crippen LogP contribution in [0, 0.1) is 5.92 Å². The third kappa shape index (κ3) is 1.52. The van der Waals surface area contributed by atoms with E-state index in [0.29, 0.717) is 0 Å². The molecule has 0 heterocycles. The lowest BCUT2D eigenvalue weighted by atomic mass is 9.84. The summed E-state index contributed by atoms with van der Waals surface area (Å²) in [5, 5.41) is 0. The summed E-state index contributed by atoms with van der Waals surface area (Å²) >= 11 is 0. The highest BCUT2D eigenvalue weighted by atomic mass is 16.5. The molecule has 0 saturated heterocycles. The Bertz CT molecular complexity index is 344. The van der Waals surface area contributed by atoms with Crippen molar-refractivity contribution < 1.29 is 9.53 Å². The second-order valence-electron chi connectivity index (χ2n) is 3.74. The molecule has 1 aromatic rings. The highest BCUT2D eigenvalue weighted by Gasteiger charge is 2.20. The van der Waals surface area contributed by atoms with Crippen LogP contribution in [0.15, 0.2) is 18.2 Å². The molecule has 1 aliphatic rings. The topological polar surface area (TPSA) is 26.3 Å². The third-order valence-corrected chi connectivity index (χ3v) is 2.89. The van der Waals surface area contributed by atoms with Crippen molar-refractivity contribution in [2.45, 2.75) is 19.3 Å². The Morgan fingerprint density at radius 1 is 1.50 bits per heavy atom. The van der Waals surface area contributed by atoms with Gasteiger partial charge in [0.1, 0.15) is 12.0 Å². The first-order valence-corrected chi connectivity index (χ1v) is 4.95. The van der Waals surface area contributed by atoms with Gasteiger partial charge < -0.3 is 9.53 Å². The van der Waals surface area contributed by atoms with Crippen molar-refractivity contribution in [2.75, 3.05) is 7.11 Å². The molecule has 0 amide bonds. The van der Waals surface area contributed by atoms with Gasteiger partial charge in [0.25, 0.3) is 0 Å². The molecule has 0 aliphatic heterocycles. The number of benzene rings is 1. The fraction of sp³-hybridized carbons (Fsp3) is 0.417. The van der Waals surface area contributed by atoms with Gasteiger partial charge in [0.2, 0.25) is 0 Å². The Kier molecular flexibility index (Phi) is 2.53. The Morgan fingerprint density at radius 3 is 3.07 bits per heavy atom. The Hall–Kier alpha value is -1.31. The number of hydrogen-bond acceptors (Lipinski definition) is 2. The van der Waals surface area contributed by atoms with Crippen molar-refractivity contribution in [3.05, 3.63) is 29.3 Å². The number of ether oxygens (including phenoxy) is 1. The molecule has 1 aliphatic carbocycles. The maximum Gasteiger partial charge on any atom is 0.123 e. The van der Waals surface area contributed by atoms with Gasteiger partial charge in [-0.1, -0.05) is 12.1 Å². The summed E-state index contributed by atoms with van der Waals surface area (Å²) in [4.78, 5) is 10.7. The van der Waals surface area contributed by atoms with Crippen LogP contribution in [0.25, 0.3) is 0 Å². The normalized spacial score (nSPS) is 19.9. The maximum atomic E-state index is 10.7. The van der Waals surface area contributed by atoms with E-state index in [1.807, 2.05) is 12.1 Å². The lowest BCUT2D eigenvalue weighted by molar-refractivity contribution is -0.111. The summed E-state index contributed by atoms with van der Waals surface area (Å²) in [6, 6.07) is 6.07. The second kappa shape index (κ2) is 3.82. The largest absolute Gasteiger partial charge is 0.496 e. The first kappa shape index (κ1) is 9.25. The molecule has 0 radical (unpaired) electrons. The van der Waals surface area contributed by atoms with Crippen molar-refractivity contribution in [1.29, 1.82) is 0 Å². The summed E-state index contributed by atoms with van der Waals surface area (Å²) in [7, 11) is 1.70. The van der Waals surface area contributed by atoms with E-state index in [2.05, 4.69) is 6.07 Å². The number of methoxy groups -OCH3 is 1. The summed E-state index contributed by atoms with van der Waals surface area (Å²) in [6.07, 6.45) is 3.86. The maximum absolute atomic E-state index is 10.7. The van der Waals surface area contributed by atoms with Gasteiger partial charge in [-0.3, -0.25) is 0 Å². The number of carbonyl (C=O) groups is 1. The highest BCUT2D eigenvalue weighted by Crippen LogP contribution is 2.31. The monoisotopic (exact) mass is 190 g/mol. The van der Waals surface area contributed by atoms with Gasteiger partial charge in [0.15, 0.2) is 0 Å². The van der Waals surface area contributed by atoms with E-state index in [4.69, 9.17) is 4.74 Å². The molecule has 0 bridgehead atoms. The lowest BCUT2D eigenvalue weighted by Crippen LogP contribution is -2.15. The van der Waals surface area contributed by atoms with Crippen LogP contribution < -0.4 is 4.74 Å². The van der Waals surface area contributed by atoms with E-state index in [9.17, 15) is 4.79 Å². The lowest BCUT2D eigenvalue weighted by Gasteiger charge is -2.22. The molecule has 74 valence electrons. The average Bonchev–Trinajstić information content (AvgIpc) is 2.27. The van der Waals surface area contributed by atoms with Crippen molar-refractivity contribution in [2.24, 2.45) is 5.92 Å². The average molecular weight is 190 g/mol. The summed E-state index contributed by atoms with van der Waals surface area (Å²) in [6.45, 7) is 0. The summed E-state index contributed by atoms with van der Waals surface area (Å²) < 4.78 is 5.29. The van der Waals surface area contributed by atoms with E-state index < -0.39 is 0 Å². The predicted octanol–water partition coefficient (Wildman–Crippen LogP) is 2.00. The van der Waals surface area contributed by atoms with Gasteiger partial charge in [-0.2, -0.15) is 0 Å². The van der Waals surface area contributed by atoms with Gasteiger partial charge in [-0.25, -0.2) is 0 Å². The fourth-order valence-electron chi connectivity index (χ4n) is 2.11. The predicted molar refractivity (Wildman–Crippen MR) is 54.6 cm³/mol. The van der Waals surface area contributed by atoms with Crippen molar-refractivity contribution in [3.8, 4) is 5.75 Å². The molecule has 0 N–H and O–H groups in total. The zero-order valence-electron chi connectivity index (χ0n) is 8.32. The van der Waals surface area contributed by atoms with Gasteiger partial charge in [-0.05, 0) is 36.5 Å². The molecule has 2 rings (SSSR count). The van der Waals surface area contributed by atoms with E-state index in [1.54, 1.807) is 7.11 Å². The number of carbonyl (C=O) groups excluding carboxylic acids is 1. The zero-order chi connectivity index (χ0) is 9.97. The molecular weight excluding hydrogens is 176 g/mol. The van der Waals surface area contributed by atoms with Crippen LogP contribution >= 0.6 is 0 Å². The van der Waals surface area contributed by atoms with Crippen molar-refractivity contribution in [1.82, 2.24) is 0 Å². The minimum absolute atomic E-state index is 0.203. The zero-order valence-corrected chi connectivity index (χ0v) is 8.32. The fourth-order valence-corrected chi connectivity index (χ4v) is 2.11. The van der Waals surface area contributed by atoms with Crippen molar-refractivity contribution >= 4 is 6.29 Å². The van der Waals surface area contributed by atoms with Crippen LogP contribution in [0.1, 0.15) is 17.5 Å². The van der Waals surface area contributed by atoms with Crippen molar-refractivity contribution in [3.63, 3.8) is 0 Å². The molecule has 0 spiro atoms. The van der Waals surface area contributed by atoms with E-state index in [0.717, 1.165) is 31.3 Å². The molecule has 14 heavy (non-hydrogen) atoms. The minimum atomic E-state index is 0.203. The first-order chi connectivity index (χ1) is 6.85. The number of rotatable bonds is 2. The van der Waals surface area contributed by atoms with Gasteiger partial charge >= 0.3 is 0 Å². The molecule has 0 saturated carbocycles. The minimum Gasteiger partial charge on any atom is -0.496 e. The van der Waals surface area contributed by atoms with E-state index in [-0.39, 0.29) is 5.92 Å². The quantitative estimate of drug-likeness (QED) is 0.667. The van der Waals surface area contributed by atoms with E-state index in [1.165, 1.54) is 11.1 Å². The van der Waals surface area contributed by atoms with Gasteiger partial charge in [0.05, 0.1) is 7.11 Å². The van der Waals surface area contributed by atoms with Crippen LogP contribution in [0.4, 0.5) is 0 Å². The molecule has 0 unspecified atom stereocenters. The Balaban J connectivity index is 2.35. The molecule has 1 aromatic carbocycles. The molecule has 1 atom stereocenters. The van der Waals surface area contributed by atoms with Crippen LogP contribution in [0.2, 0.25) is 0 Å². The number of aldehydes is 1. The molecule has 0 fully saturated rings. The summed E-state index contributed by atoms with van der Waals surface area (Å²) in [5.74, 6) is 1.17. The SMILES string of the molecule is COc1cccc2c1CC[C@@H](C=O)C2. The smallest absolute Gasteiger partial charge is 0.123 e. The third-order valence-electron chi connectivity index (χ3n) is 2.89. The molecule has 0 aromatic heterocycles. The summed E-state index contributed by atoms with van der Waals surface area (Å²) in [5.41, 5.74) is 2.56. The second-order valence-corrected chi connectivity index (χ2v) is 3.74. The Labute approximate surface area is 83.9 Å². The van der Waals surface area contributed by atoms with Crippen LogP contribution in [0.3, 0.4) is 0 Å². The first-order valence-electron chi connectivity index (χ1n) is 4.95. The number of hydrogen-bond donors (Lipinski definition) is 0. The number of fused-ring (bicyclic) bond motifs is 1. The molecule has 2 nitrogen and oxygen atoms in total. The highest BCUT2D eigenvalue weighted by molar-refractivity contribution is 5.56. The van der Waals surface area contributed by atoms with E-state index >= 15 is 0 Å².